The lowest BCUT2D eigenvalue weighted by atomic mass is 10.1. The van der Waals surface area contributed by atoms with Crippen LogP contribution in [0, 0.1) is 0 Å². The molecule has 0 atom stereocenters. The lowest BCUT2D eigenvalue weighted by molar-refractivity contribution is 0.431. The second-order valence-electron chi connectivity index (χ2n) is 4.52. The molecule has 6 nitrogen and oxygen atoms in total. The first-order chi connectivity index (χ1) is 8.52. The first-order valence-electron chi connectivity index (χ1n) is 6.05. The molecule has 0 saturated carbocycles. The Balaban J connectivity index is 2.28. The molecule has 2 heterocycles. The molecule has 0 aliphatic heterocycles. The van der Waals surface area contributed by atoms with Gasteiger partial charge >= 0.3 is 0 Å². The van der Waals surface area contributed by atoms with Crippen molar-refractivity contribution in [3.63, 3.8) is 0 Å². The van der Waals surface area contributed by atoms with Crippen LogP contribution in [0.3, 0.4) is 0 Å². The van der Waals surface area contributed by atoms with Crippen LogP contribution in [-0.4, -0.2) is 19.6 Å². The van der Waals surface area contributed by atoms with Crippen molar-refractivity contribution in [2.45, 2.75) is 33.2 Å². The van der Waals surface area contributed by atoms with Crippen molar-refractivity contribution in [2.24, 2.45) is 7.05 Å². The average molecular weight is 249 g/mol. The predicted octanol–water partition coefficient (Wildman–Crippen LogP) is 2.13. The molecule has 0 radical (unpaired) electrons. The van der Waals surface area contributed by atoms with Gasteiger partial charge in [-0.1, -0.05) is 13.8 Å². The van der Waals surface area contributed by atoms with Crippen LogP contribution in [0.4, 0.5) is 5.69 Å². The van der Waals surface area contributed by atoms with Crippen molar-refractivity contribution in [1.29, 1.82) is 0 Å². The van der Waals surface area contributed by atoms with Gasteiger partial charge in [0, 0.05) is 13.6 Å². The molecule has 0 fully saturated rings. The average Bonchev–Trinajstić information content (AvgIpc) is 2.88. The summed E-state index contributed by atoms with van der Waals surface area (Å²) in [6.07, 6.45) is 3.51. The van der Waals surface area contributed by atoms with Gasteiger partial charge in [-0.2, -0.15) is 10.2 Å². The molecular formula is C12H19N5O. The smallest absolute Gasteiger partial charge is 0.241 e. The molecule has 0 aliphatic carbocycles. The minimum atomic E-state index is 0.270. The van der Waals surface area contributed by atoms with Crippen LogP contribution in [0.1, 0.15) is 32.4 Å². The van der Waals surface area contributed by atoms with E-state index in [1.54, 1.807) is 15.6 Å². The van der Waals surface area contributed by atoms with Crippen molar-refractivity contribution in [1.82, 2.24) is 19.6 Å². The summed E-state index contributed by atoms with van der Waals surface area (Å²) in [4.78, 5) is 0. The number of hydrogen-bond donors (Lipinski definition) is 1. The fourth-order valence-electron chi connectivity index (χ4n) is 1.77. The second kappa shape index (κ2) is 4.72. The highest BCUT2D eigenvalue weighted by Crippen LogP contribution is 2.32. The zero-order valence-corrected chi connectivity index (χ0v) is 11.2. The number of ether oxygens (including phenoxy) is 1. The fraction of sp³-hybridized carbons (Fsp3) is 0.500. The Labute approximate surface area is 106 Å². The Bertz CT molecular complexity index is 541. The zero-order chi connectivity index (χ0) is 13.3. The van der Waals surface area contributed by atoms with E-state index in [-0.39, 0.29) is 5.92 Å². The number of nitrogens with two attached hydrogens (primary N) is 1. The van der Waals surface area contributed by atoms with Gasteiger partial charge in [-0.3, -0.25) is 4.68 Å². The van der Waals surface area contributed by atoms with Crippen LogP contribution in [0.5, 0.6) is 11.6 Å². The molecule has 2 aromatic heterocycles. The van der Waals surface area contributed by atoms with Crippen molar-refractivity contribution in [3.8, 4) is 11.6 Å². The maximum Gasteiger partial charge on any atom is 0.241 e. The molecular weight excluding hydrogens is 230 g/mol. The van der Waals surface area contributed by atoms with Crippen molar-refractivity contribution in [3.05, 3.63) is 18.1 Å². The standard InChI is InChI=1S/C12H19N5O/c1-5-17-7-9(6-14-17)18-12-10(13)11(8(2)3)15-16(12)4/h6-8H,5,13H2,1-4H3. The molecule has 0 bridgehead atoms. The van der Waals surface area contributed by atoms with Gasteiger partial charge in [-0.05, 0) is 12.8 Å². The Morgan fingerprint density at radius 2 is 2.17 bits per heavy atom. The van der Waals surface area contributed by atoms with E-state index in [9.17, 15) is 0 Å². The Morgan fingerprint density at radius 3 is 2.67 bits per heavy atom. The highest BCUT2D eigenvalue weighted by molar-refractivity contribution is 5.55. The van der Waals surface area contributed by atoms with Crippen LogP contribution in [-0.2, 0) is 13.6 Å². The molecule has 98 valence electrons. The van der Waals surface area contributed by atoms with Crippen molar-refractivity contribution in [2.75, 3.05) is 5.73 Å². The van der Waals surface area contributed by atoms with Gasteiger partial charge in [0.1, 0.15) is 5.69 Å². The maximum atomic E-state index is 6.06. The molecule has 6 heteroatoms. The van der Waals surface area contributed by atoms with E-state index in [4.69, 9.17) is 10.5 Å². The van der Waals surface area contributed by atoms with E-state index in [2.05, 4.69) is 24.0 Å². The van der Waals surface area contributed by atoms with Gasteiger partial charge in [0.2, 0.25) is 5.88 Å². The van der Waals surface area contributed by atoms with Gasteiger partial charge in [0.15, 0.2) is 5.75 Å². The van der Waals surface area contributed by atoms with Gasteiger partial charge in [-0.25, -0.2) is 4.68 Å². The van der Waals surface area contributed by atoms with Crippen LogP contribution in [0.2, 0.25) is 0 Å². The number of aryl methyl sites for hydroxylation is 2. The van der Waals surface area contributed by atoms with Gasteiger partial charge in [0.25, 0.3) is 0 Å². The van der Waals surface area contributed by atoms with Gasteiger partial charge in [-0.15, -0.1) is 0 Å². The SMILES string of the molecule is CCn1cc(Oc2c(N)c(C(C)C)nn2C)cn1. The summed E-state index contributed by atoms with van der Waals surface area (Å²) in [5.41, 5.74) is 7.51. The van der Waals surface area contributed by atoms with Crippen molar-refractivity contribution < 1.29 is 4.74 Å². The summed E-state index contributed by atoms with van der Waals surface area (Å²) < 4.78 is 9.20. The summed E-state index contributed by atoms with van der Waals surface area (Å²) in [6, 6.07) is 0. The molecule has 2 aromatic rings. The van der Waals surface area contributed by atoms with Gasteiger partial charge in [0.05, 0.1) is 18.1 Å². The van der Waals surface area contributed by atoms with E-state index in [0.29, 0.717) is 17.3 Å². The Morgan fingerprint density at radius 1 is 1.44 bits per heavy atom. The molecule has 0 saturated heterocycles. The van der Waals surface area contributed by atoms with Crippen LogP contribution in [0.15, 0.2) is 12.4 Å². The molecule has 2 rings (SSSR count). The van der Waals surface area contributed by atoms with E-state index in [0.717, 1.165) is 12.2 Å². The van der Waals surface area contributed by atoms with Crippen LogP contribution in [0.25, 0.3) is 0 Å². The van der Waals surface area contributed by atoms with Crippen LogP contribution < -0.4 is 10.5 Å². The molecule has 0 amide bonds. The summed E-state index contributed by atoms with van der Waals surface area (Å²) >= 11 is 0. The molecule has 0 spiro atoms. The quantitative estimate of drug-likeness (QED) is 0.901. The monoisotopic (exact) mass is 249 g/mol. The summed E-state index contributed by atoms with van der Waals surface area (Å²) in [6.45, 7) is 6.93. The van der Waals surface area contributed by atoms with Crippen LogP contribution >= 0.6 is 0 Å². The lowest BCUT2D eigenvalue weighted by Crippen LogP contribution is -1.96. The fourth-order valence-corrected chi connectivity index (χ4v) is 1.77. The summed E-state index contributed by atoms with van der Waals surface area (Å²) in [7, 11) is 1.82. The van der Waals surface area contributed by atoms with E-state index >= 15 is 0 Å². The van der Waals surface area contributed by atoms with Crippen molar-refractivity contribution >= 4 is 5.69 Å². The largest absolute Gasteiger partial charge is 0.434 e. The predicted molar refractivity (Wildman–Crippen MR) is 69.7 cm³/mol. The summed E-state index contributed by atoms with van der Waals surface area (Å²) in [5, 5.41) is 8.53. The summed E-state index contributed by atoms with van der Waals surface area (Å²) in [5.74, 6) is 1.50. The third-order valence-electron chi connectivity index (χ3n) is 2.75. The van der Waals surface area contributed by atoms with E-state index in [1.165, 1.54) is 0 Å². The maximum absolute atomic E-state index is 6.06. The highest BCUT2D eigenvalue weighted by atomic mass is 16.5. The molecule has 0 aliphatic rings. The zero-order valence-electron chi connectivity index (χ0n) is 11.2. The minimum absolute atomic E-state index is 0.270. The third kappa shape index (κ3) is 2.18. The number of anilines is 1. The molecule has 0 unspecified atom stereocenters. The topological polar surface area (TPSA) is 70.9 Å². The number of nitrogen functional groups attached to an aromatic ring is 1. The van der Waals surface area contributed by atoms with Gasteiger partial charge < -0.3 is 10.5 Å². The minimum Gasteiger partial charge on any atom is -0.434 e. The molecule has 2 N–H and O–H groups in total. The second-order valence-corrected chi connectivity index (χ2v) is 4.52. The molecule has 18 heavy (non-hydrogen) atoms. The normalized spacial score (nSPS) is 11.2. The lowest BCUT2D eigenvalue weighted by Gasteiger charge is -2.04. The highest BCUT2D eigenvalue weighted by Gasteiger charge is 2.18. The first-order valence-corrected chi connectivity index (χ1v) is 6.05. The number of aromatic nitrogens is 4. The number of rotatable bonds is 4. The number of hydrogen-bond acceptors (Lipinski definition) is 4. The van der Waals surface area contributed by atoms with E-state index < -0.39 is 0 Å². The third-order valence-corrected chi connectivity index (χ3v) is 2.75. The number of nitrogens with zero attached hydrogens (tertiary/aromatic N) is 4. The Hall–Kier alpha value is -1.98. The first kappa shape index (κ1) is 12.5. The molecule has 0 aromatic carbocycles. The Kier molecular flexibility index (Phi) is 3.27. The van der Waals surface area contributed by atoms with E-state index in [1.807, 2.05) is 20.2 Å².